The quantitative estimate of drug-likeness (QED) is 0.831. The number of hydrogen-bond donors (Lipinski definition) is 1. The van der Waals surface area contributed by atoms with E-state index >= 15 is 0 Å². The van der Waals surface area contributed by atoms with Crippen molar-refractivity contribution in [2.45, 2.75) is 19.8 Å². The maximum Gasteiger partial charge on any atom is 0.265 e. The lowest BCUT2D eigenvalue weighted by molar-refractivity contribution is 0.0799. The molecule has 0 aromatic carbocycles. The summed E-state index contributed by atoms with van der Waals surface area (Å²) in [5.74, 6) is 0.0333. The third-order valence-corrected chi connectivity index (χ3v) is 3.00. The van der Waals surface area contributed by atoms with E-state index in [9.17, 15) is 4.79 Å². The molecule has 1 aromatic rings. The Kier molecular flexibility index (Phi) is 3.95. The smallest absolute Gasteiger partial charge is 0.265 e. The molecule has 0 spiro atoms. The fourth-order valence-corrected chi connectivity index (χ4v) is 1.97. The molecule has 4 heteroatoms. The number of carbonyl (C=O) groups is 1. The van der Waals surface area contributed by atoms with Crippen LogP contribution in [-0.4, -0.2) is 24.4 Å². The van der Waals surface area contributed by atoms with E-state index in [4.69, 9.17) is 5.73 Å². The van der Waals surface area contributed by atoms with Crippen molar-refractivity contribution in [3.05, 3.63) is 16.3 Å². The normalized spacial score (nSPS) is 10.1. The molecule has 3 nitrogen and oxygen atoms in total. The molecule has 2 N–H and O–H groups in total. The number of thiophene rings is 1. The van der Waals surface area contributed by atoms with Crippen molar-refractivity contribution >= 4 is 22.9 Å². The lowest BCUT2D eigenvalue weighted by atomic mass is 10.3. The minimum atomic E-state index is 0.0333. The van der Waals surface area contributed by atoms with Crippen molar-refractivity contribution in [3.8, 4) is 0 Å². The molecular formula is C10H16N2OS. The molecule has 1 heterocycles. The first-order valence-corrected chi connectivity index (χ1v) is 5.63. The summed E-state index contributed by atoms with van der Waals surface area (Å²) in [5.41, 5.74) is 6.26. The van der Waals surface area contributed by atoms with Gasteiger partial charge in [0.15, 0.2) is 0 Å². The molecule has 0 atom stereocenters. The predicted molar refractivity (Wildman–Crippen MR) is 60.6 cm³/mol. The second-order valence-corrected chi connectivity index (χ2v) is 4.20. The van der Waals surface area contributed by atoms with Crippen LogP contribution in [0.2, 0.25) is 0 Å². The van der Waals surface area contributed by atoms with Crippen LogP contribution in [-0.2, 0) is 0 Å². The molecule has 0 aliphatic carbocycles. The first kappa shape index (κ1) is 11.0. The molecule has 78 valence electrons. The van der Waals surface area contributed by atoms with Gasteiger partial charge in [-0.05, 0) is 17.9 Å². The molecule has 0 saturated heterocycles. The van der Waals surface area contributed by atoms with Gasteiger partial charge >= 0.3 is 0 Å². The second kappa shape index (κ2) is 5.00. The molecule has 0 bridgehead atoms. The van der Waals surface area contributed by atoms with E-state index < -0.39 is 0 Å². The summed E-state index contributed by atoms with van der Waals surface area (Å²) in [5, 5.41) is 1.84. The van der Waals surface area contributed by atoms with Crippen LogP contribution in [0.1, 0.15) is 29.4 Å². The Hall–Kier alpha value is -1.03. The van der Waals surface area contributed by atoms with Gasteiger partial charge in [-0.25, -0.2) is 0 Å². The fraction of sp³-hybridized carbons (Fsp3) is 0.500. The molecular weight excluding hydrogens is 196 g/mol. The van der Waals surface area contributed by atoms with Crippen LogP contribution in [0.3, 0.4) is 0 Å². The van der Waals surface area contributed by atoms with Gasteiger partial charge in [-0.2, -0.15) is 0 Å². The van der Waals surface area contributed by atoms with Crippen LogP contribution in [0.15, 0.2) is 11.4 Å². The van der Waals surface area contributed by atoms with Gasteiger partial charge in [0.2, 0.25) is 0 Å². The second-order valence-electron chi connectivity index (χ2n) is 3.29. The van der Waals surface area contributed by atoms with Crippen molar-refractivity contribution in [2.24, 2.45) is 0 Å². The number of nitrogens with two attached hydrogens (primary N) is 1. The van der Waals surface area contributed by atoms with Gasteiger partial charge in [0.25, 0.3) is 5.91 Å². The first-order chi connectivity index (χ1) is 6.66. The number of unbranched alkanes of at least 4 members (excludes halogenated alkanes) is 1. The molecule has 0 aliphatic rings. The largest absolute Gasteiger partial charge is 0.397 e. The molecule has 14 heavy (non-hydrogen) atoms. The predicted octanol–water partition coefficient (Wildman–Crippen LogP) is 2.20. The molecule has 0 fully saturated rings. The number of carbonyl (C=O) groups excluding carboxylic acids is 1. The SMILES string of the molecule is CCCCN(C)C(=O)c1sccc1N. The fourth-order valence-electron chi connectivity index (χ4n) is 1.16. The average Bonchev–Trinajstić information content (AvgIpc) is 2.59. The molecule has 1 aromatic heterocycles. The highest BCUT2D eigenvalue weighted by Gasteiger charge is 2.14. The van der Waals surface area contributed by atoms with Crippen molar-refractivity contribution in [2.75, 3.05) is 19.3 Å². The zero-order chi connectivity index (χ0) is 10.6. The summed E-state index contributed by atoms with van der Waals surface area (Å²) in [6, 6.07) is 1.77. The Morgan fingerprint density at radius 3 is 2.86 bits per heavy atom. The maximum atomic E-state index is 11.8. The van der Waals surface area contributed by atoms with Gasteiger partial charge < -0.3 is 10.6 Å². The van der Waals surface area contributed by atoms with Crippen LogP contribution in [0.4, 0.5) is 5.69 Å². The number of anilines is 1. The standard InChI is InChI=1S/C10H16N2OS/c1-3-4-6-12(2)10(13)9-8(11)5-7-14-9/h5,7H,3-4,6,11H2,1-2H3. The Labute approximate surface area is 88.5 Å². The number of nitrogens with zero attached hydrogens (tertiary/aromatic N) is 1. The van der Waals surface area contributed by atoms with Gasteiger partial charge in [-0.3, -0.25) is 4.79 Å². The highest BCUT2D eigenvalue weighted by molar-refractivity contribution is 7.12. The van der Waals surface area contributed by atoms with Gasteiger partial charge in [0.05, 0.1) is 5.69 Å². The van der Waals surface area contributed by atoms with E-state index in [1.54, 1.807) is 11.0 Å². The monoisotopic (exact) mass is 212 g/mol. The summed E-state index contributed by atoms with van der Waals surface area (Å²) < 4.78 is 0. The van der Waals surface area contributed by atoms with E-state index in [2.05, 4.69) is 6.92 Å². The van der Waals surface area contributed by atoms with E-state index in [0.717, 1.165) is 19.4 Å². The van der Waals surface area contributed by atoms with Gasteiger partial charge in [0.1, 0.15) is 4.88 Å². The Balaban J connectivity index is 2.61. The average molecular weight is 212 g/mol. The van der Waals surface area contributed by atoms with Crippen molar-refractivity contribution < 1.29 is 4.79 Å². The lowest BCUT2D eigenvalue weighted by Gasteiger charge is -2.15. The topological polar surface area (TPSA) is 46.3 Å². The van der Waals surface area contributed by atoms with Gasteiger partial charge in [-0.1, -0.05) is 13.3 Å². The minimum Gasteiger partial charge on any atom is -0.397 e. The number of amides is 1. The molecule has 0 aliphatic heterocycles. The minimum absolute atomic E-state index is 0.0333. The van der Waals surface area contributed by atoms with Crippen LogP contribution in [0.25, 0.3) is 0 Å². The highest BCUT2D eigenvalue weighted by Crippen LogP contribution is 2.20. The van der Waals surface area contributed by atoms with Crippen LogP contribution in [0.5, 0.6) is 0 Å². The van der Waals surface area contributed by atoms with Gasteiger partial charge in [0, 0.05) is 13.6 Å². The Bertz CT molecular complexity index is 309. The summed E-state index contributed by atoms with van der Waals surface area (Å²) in [6.07, 6.45) is 2.13. The van der Waals surface area contributed by atoms with E-state index in [1.807, 2.05) is 12.4 Å². The number of hydrogen-bond acceptors (Lipinski definition) is 3. The van der Waals surface area contributed by atoms with Crippen LogP contribution in [0, 0.1) is 0 Å². The van der Waals surface area contributed by atoms with Crippen molar-refractivity contribution in [1.29, 1.82) is 0 Å². The van der Waals surface area contributed by atoms with Crippen LogP contribution < -0.4 is 5.73 Å². The van der Waals surface area contributed by atoms with Crippen molar-refractivity contribution in [1.82, 2.24) is 4.90 Å². The number of nitrogen functional groups attached to an aromatic ring is 1. The third-order valence-electron chi connectivity index (χ3n) is 2.08. The van der Waals surface area contributed by atoms with Crippen LogP contribution >= 0.6 is 11.3 Å². The maximum absolute atomic E-state index is 11.8. The van der Waals surface area contributed by atoms with E-state index in [1.165, 1.54) is 11.3 Å². The van der Waals surface area contributed by atoms with E-state index in [0.29, 0.717) is 10.6 Å². The zero-order valence-corrected chi connectivity index (χ0v) is 9.43. The summed E-state index contributed by atoms with van der Waals surface area (Å²) in [4.78, 5) is 14.2. The Morgan fingerprint density at radius 2 is 2.36 bits per heavy atom. The van der Waals surface area contributed by atoms with E-state index in [-0.39, 0.29) is 5.91 Å². The van der Waals surface area contributed by atoms with Gasteiger partial charge in [-0.15, -0.1) is 11.3 Å². The summed E-state index contributed by atoms with van der Waals surface area (Å²) >= 11 is 1.40. The molecule has 1 rings (SSSR count). The summed E-state index contributed by atoms with van der Waals surface area (Å²) in [6.45, 7) is 2.91. The molecule has 1 amide bonds. The highest BCUT2D eigenvalue weighted by atomic mass is 32.1. The Morgan fingerprint density at radius 1 is 1.64 bits per heavy atom. The first-order valence-electron chi connectivity index (χ1n) is 4.75. The number of rotatable bonds is 4. The molecule has 0 unspecified atom stereocenters. The van der Waals surface area contributed by atoms with Crippen molar-refractivity contribution in [3.63, 3.8) is 0 Å². The zero-order valence-electron chi connectivity index (χ0n) is 8.62. The molecule has 0 radical (unpaired) electrons. The summed E-state index contributed by atoms with van der Waals surface area (Å²) in [7, 11) is 1.82. The third kappa shape index (κ3) is 2.48. The molecule has 0 saturated carbocycles. The lowest BCUT2D eigenvalue weighted by Crippen LogP contribution is -2.27.